The first-order chi connectivity index (χ1) is 18.5. The van der Waals surface area contributed by atoms with E-state index in [2.05, 4.69) is 32.3 Å². The fourth-order valence-electron chi connectivity index (χ4n) is 5.07. The number of fused-ring (bicyclic) bond motifs is 2. The molecule has 8 nitrogen and oxygen atoms in total. The molecule has 0 aliphatic carbocycles. The Morgan fingerprint density at radius 3 is 2.79 bits per heavy atom. The lowest BCUT2D eigenvalue weighted by Crippen LogP contribution is -2.43. The highest BCUT2D eigenvalue weighted by Crippen LogP contribution is 2.30. The summed E-state index contributed by atoms with van der Waals surface area (Å²) in [4.78, 5) is 22.4. The zero-order valence-electron chi connectivity index (χ0n) is 21.4. The van der Waals surface area contributed by atoms with Crippen molar-refractivity contribution in [3.05, 3.63) is 83.6 Å². The number of methoxy groups -OCH3 is 1. The molecule has 38 heavy (non-hydrogen) atoms. The van der Waals surface area contributed by atoms with E-state index in [4.69, 9.17) is 9.84 Å². The monoisotopic (exact) mass is 512 g/mol. The van der Waals surface area contributed by atoms with Gasteiger partial charge < -0.3 is 25.2 Å². The van der Waals surface area contributed by atoms with E-state index in [0.29, 0.717) is 29.5 Å². The third kappa shape index (κ3) is 5.99. The van der Waals surface area contributed by atoms with E-state index in [0.717, 1.165) is 60.4 Å². The Bertz CT molecular complexity index is 1460. The molecule has 2 aromatic heterocycles. The molecule has 0 amide bonds. The minimum absolute atomic E-state index is 0.418. The topological polar surface area (TPSA) is 108 Å². The van der Waals surface area contributed by atoms with Crippen molar-refractivity contribution in [3.63, 3.8) is 0 Å². The number of nitrogens with one attached hydrogen (secondary N) is 1. The molecule has 1 aliphatic rings. The molecule has 1 atom stereocenters. The van der Waals surface area contributed by atoms with Crippen LogP contribution in [0, 0.1) is 0 Å². The van der Waals surface area contributed by atoms with Gasteiger partial charge >= 0.3 is 5.97 Å². The van der Waals surface area contributed by atoms with E-state index in [1.807, 2.05) is 42.6 Å². The summed E-state index contributed by atoms with van der Waals surface area (Å²) in [5, 5.41) is 25.8. The molecule has 0 saturated carbocycles. The maximum absolute atomic E-state index is 11.2. The third-order valence-corrected chi connectivity index (χ3v) is 7.13. The Hall–Kier alpha value is -3.85. The van der Waals surface area contributed by atoms with Gasteiger partial charge in [-0.1, -0.05) is 30.3 Å². The van der Waals surface area contributed by atoms with Crippen LogP contribution >= 0.6 is 0 Å². The molecule has 1 unspecified atom stereocenters. The summed E-state index contributed by atoms with van der Waals surface area (Å²) < 4.78 is 5.31. The zero-order valence-corrected chi connectivity index (χ0v) is 21.4. The highest BCUT2D eigenvalue weighted by atomic mass is 16.5. The predicted octanol–water partition coefficient (Wildman–Crippen LogP) is 4.18. The molecular formula is C30H32N4O4. The number of aliphatic hydroxyl groups is 1. The number of aliphatic hydroxyl groups excluding tert-OH is 1. The molecule has 4 aromatic rings. The van der Waals surface area contributed by atoms with Crippen LogP contribution in [0.5, 0.6) is 5.88 Å². The van der Waals surface area contributed by atoms with Crippen LogP contribution in [0.25, 0.3) is 27.9 Å². The van der Waals surface area contributed by atoms with Gasteiger partial charge in [-0.05, 0) is 61.3 Å². The first-order valence-corrected chi connectivity index (χ1v) is 12.9. The van der Waals surface area contributed by atoms with Crippen molar-refractivity contribution in [3.8, 4) is 5.88 Å². The number of hydrogen-bond donors (Lipinski definition) is 3. The van der Waals surface area contributed by atoms with E-state index in [9.17, 15) is 9.90 Å². The second kappa shape index (κ2) is 11.7. The van der Waals surface area contributed by atoms with Gasteiger partial charge in [-0.15, -0.1) is 0 Å². The predicted molar refractivity (Wildman–Crippen MR) is 148 cm³/mol. The third-order valence-electron chi connectivity index (χ3n) is 7.13. The number of aromatic nitrogens is 2. The van der Waals surface area contributed by atoms with Crippen molar-refractivity contribution in [2.24, 2.45) is 0 Å². The quantitative estimate of drug-likeness (QED) is 0.287. The van der Waals surface area contributed by atoms with Gasteiger partial charge in [-0.3, -0.25) is 4.98 Å². The number of carboxylic acid groups (broad SMARTS) is 1. The van der Waals surface area contributed by atoms with Crippen molar-refractivity contribution in [1.29, 1.82) is 0 Å². The Balaban J connectivity index is 1.21. The van der Waals surface area contributed by atoms with E-state index in [1.54, 1.807) is 19.3 Å². The summed E-state index contributed by atoms with van der Waals surface area (Å²) in [6, 6.07) is 18.0. The highest BCUT2D eigenvalue weighted by Gasteiger charge is 2.23. The molecule has 3 N–H and O–H groups in total. The number of likely N-dealkylation sites (tertiary alicyclic amines) is 1. The number of pyridine rings is 2. The molecule has 0 spiro atoms. The van der Waals surface area contributed by atoms with Gasteiger partial charge in [0, 0.05) is 53.8 Å². The first-order valence-electron chi connectivity index (χ1n) is 12.9. The molecule has 1 fully saturated rings. The van der Waals surface area contributed by atoms with Crippen molar-refractivity contribution >= 4 is 33.9 Å². The summed E-state index contributed by atoms with van der Waals surface area (Å²) in [5.41, 5.74) is 4.23. The number of β-amino-alcohol motifs (C(OH)–C–C–N with tert-alkyl or cyclic N) is 1. The SMILES string of the molecule is COc1ccc2c(/C=C/C(=O)O)ccc(C(O)CN3CCC(NCc4cnc5ccccc5c4)CC3)c2n1. The van der Waals surface area contributed by atoms with E-state index in [-0.39, 0.29) is 0 Å². The van der Waals surface area contributed by atoms with Crippen LogP contribution in [-0.4, -0.2) is 63.8 Å². The molecule has 0 bridgehead atoms. The molecule has 196 valence electrons. The van der Waals surface area contributed by atoms with Crippen LogP contribution in [-0.2, 0) is 11.3 Å². The number of ether oxygens (including phenoxy) is 1. The first kappa shape index (κ1) is 25.8. The smallest absolute Gasteiger partial charge is 0.328 e. The van der Waals surface area contributed by atoms with Gasteiger partial charge in [0.1, 0.15) is 0 Å². The van der Waals surface area contributed by atoms with Gasteiger partial charge in [0.15, 0.2) is 0 Å². The Labute approximate surface area is 221 Å². The highest BCUT2D eigenvalue weighted by molar-refractivity contribution is 5.94. The molecule has 1 aliphatic heterocycles. The van der Waals surface area contributed by atoms with Gasteiger partial charge in [-0.25, -0.2) is 9.78 Å². The van der Waals surface area contributed by atoms with Crippen LogP contribution in [0.3, 0.4) is 0 Å². The number of aliphatic carboxylic acids is 1. The lowest BCUT2D eigenvalue weighted by molar-refractivity contribution is -0.131. The Morgan fingerprint density at radius 1 is 1.18 bits per heavy atom. The molecule has 5 rings (SSSR count). The number of piperidine rings is 1. The van der Waals surface area contributed by atoms with Crippen molar-refractivity contribution in [2.45, 2.75) is 31.5 Å². The maximum atomic E-state index is 11.2. The van der Waals surface area contributed by atoms with Crippen LogP contribution in [0.4, 0.5) is 0 Å². The summed E-state index contributed by atoms with van der Waals surface area (Å²) in [6.45, 7) is 3.06. The lowest BCUT2D eigenvalue weighted by Gasteiger charge is -2.33. The number of carboxylic acids is 1. The normalized spacial score (nSPS) is 15.8. The average molecular weight is 513 g/mol. The van der Waals surface area contributed by atoms with Crippen LogP contribution in [0.2, 0.25) is 0 Å². The largest absolute Gasteiger partial charge is 0.481 e. The number of hydrogen-bond acceptors (Lipinski definition) is 7. The minimum atomic E-state index is -1.02. The van der Waals surface area contributed by atoms with Gasteiger partial charge in [-0.2, -0.15) is 0 Å². The molecule has 8 heteroatoms. The summed E-state index contributed by atoms with van der Waals surface area (Å²) in [7, 11) is 1.55. The number of benzene rings is 2. The summed E-state index contributed by atoms with van der Waals surface area (Å²) >= 11 is 0. The van der Waals surface area contributed by atoms with Gasteiger partial charge in [0.05, 0.1) is 24.2 Å². The van der Waals surface area contributed by atoms with Gasteiger partial charge in [0.25, 0.3) is 0 Å². The fraction of sp³-hybridized carbons (Fsp3) is 0.300. The molecule has 3 heterocycles. The maximum Gasteiger partial charge on any atom is 0.328 e. The van der Waals surface area contributed by atoms with E-state index < -0.39 is 12.1 Å². The number of para-hydroxylation sites is 1. The average Bonchev–Trinajstić information content (AvgIpc) is 2.94. The van der Waals surface area contributed by atoms with Crippen molar-refractivity contribution < 1.29 is 19.7 Å². The summed E-state index contributed by atoms with van der Waals surface area (Å²) in [5.74, 6) is -0.575. The Kier molecular flexibility index (Phi) is 7.93. The van der Waals surface area contributed by atoms with Crippen LogP contribution in [0.1, 0.15) is 35.6 Å². The molecule has 1 saturated heterocycles. The zero-order chi connectivity index (χ0) is 26.5. The second-order valence-corrected chi connectivity index (χ2v) is 9.67. The van der Waals surface area contributed by atoms with Crippen molar-refractivity contribution in [2.75, 3.05) is 26.7 Å². The molecule has 2 aromatic carbocycles. The standard InChI is InChI=1S/C30H32N4O4/c1-38-28-10-9-24-21(7-11-29(36)37)6-8-25(30(24)33-28)27(35)19-34-14-12-23(13-15-34)31-17-20-16-22-4-2-3-5-26(22)32-18-20/h2-11,16,18,23,27,31,35H,12-15,17,19H2,1H3,(H,36,37)/b11-7+. The Morgan fingerprint density at radius 2 is 2.00 bits per heavy atom. The second-order valence-electron chi connectivity index (χ2n) is 9.67. The van der Waals surface area contributed by atoms with Crippen LogP contribution < -0.4 is 10.1 Å². The molecule has 0 radical (unpaired) electrons. The van der Waals surface area contributed by atoms with Crippen molar-refractivity contribution in [1.82, 2.24) is 20.2 Å². The van der Waals surface area contributed by atoms with E-state index >= 15 is 0 Å². The fourth-order valence-corrected chi connectivity index (χ4v) is 5.07. The summed E-state index contributed by atoms with van der Waals surface area (Å²) in [6.07, 6.45) is 5.85. The minimum Gasteiger partial charge on any atom is -0.481 e. The molecular weight excluding hydrogens is 480 g/mol. The number of nitrogens with zero attached hydrogens (tertiary/aromatic N) is 3. The number of carbonyl (C=O) groups is 1. The number of rotatable bonds is 9. The van der Waals surface area contributed by atoms with Gasteiger partial charge in [0.2, 0.25) is 5.88 Å². The van der Waals surface area contributed by atoms with E-state index in [1.165, 1.54) is 5.56 Å². The lowest BCUT2D eigenvalue weighted by atomic mass is 9.98. The van der Waals surface area contributed by atoms with Crippen LogP contribution in [0.15, 0.2) is 66.9 Å².